The van der Waals surface area contributed by atoms with E-state index in [1.54, 1.807) is 13.8 Å². The third-order valence-corrected chi connectivity index (χ3v) is 2.65. The molecule has 1 aromatic carbocycles. The van der Waals surface area contributed by atoms with Gasteiger partial charge in [-0.1, -0.05) is 62.7 Å². The van der Waals surface area contributed by atoms with Gasteiger partial charge in [0.1, 0.15) is 13.2 Å². The van der Waals surface area contributed by atoms with Crippen molar-refractivity contribution >= 4 is 24.0 Å². The molecule has 0 bridgehead atoms. The van der Waals surface area contributed by atoms with E-state index in [1.807, 2.05) is 36.4 Å². The summed E-state index contributed by atoms with van der Waals surface area (Å²) >= 11 is 0. The second-order valence-corrected chi connectivity index (χ2v) is 5.53. The van der Waals surface area contributed by atoms with Gasteiger partial charge >= 0.3 is 17.9 Å². The lowest BCUT2D eigenvalue weighted by Crippen LogP contribution is -2.14. The first-order chi connectivity index (χ1) is 14.0. The SMILES string of the molecule is C=C.C=C(C)C(=O)O.C=C(C)C(=O)OCCOC(=O)C(=C)C.C=Cc1ccccc1. The molecule has 6 nitrogen and oxygen atoms in total. The molecule has 1 N–H and O–H groups in total. The summed E-state index contributed by atoms with van der Waals surface area (Å²) in [6, 6.07) is 10.0. The Balaban J connectivity index is -0.000000383. The van der Waals surface area contributed by atoms with Gasteiger partial charge in [-0.3, -0.25) is 0 Å². The third kappa shape index (κ3) is 20.6. The van der Waals surface area contributed by atoms with E-state index in [0.29, 0.717) is 11.1 Å². The Kier molecular flexibility index (Phi) is 20.8. The van der Waals surface area contributed by atoms with Crippen molar-refractivity contribution in [3.63, 3.8) is 0 Å². The number of hydrogen-bond acceptors (Lipinski definition) is 5. The van der Waals surface area contributed by atoms with Gasteiger partial charge in [0, 0.05) is 16.7 Å². The highest BCUT2D eigenvalue weighted by Crippen LogP contribution is 1.97. The zero-order valence-corrected chi connectivity index (χ0v) is 18.1. The summed E-state index contributed by atoms with van der Waals surface area (Å²) in [5.41, 5.74) is 1.98. The number of esters is 2. The molecular weight excluding hydrogens is 384 g/mol. The summed E-state index contributed by atoms with van der Waals surface area (Å²) in [4.78, 5) is 31.3. The van der Waals surface area contributed by atoms with Crippen molar-refractivity contribution in [2.45, 2.75) is 20.8 Å². The molecule has 0 amide bonds. The highest BCUT2D eigenvalue weighted by atomic mass is 16.6. The topological polar surface area (TPSA) is 89.9 Å². The average molecular weight is 417 g/mol. The van der Waals surface area contributed by atoms with Crippen LogP contribution < -0.4 is 0 Å². The van der Waals surface area contributed by atoms with Gasteiger partial charge in [0.2, 0.25) is 0 Å². The Morgan fingerprint density at radius 1 is 0.833 bits per heavy atom. The summed E-state index contributed by atoms with van der Waals surface area (Å²) in [5.74, 6) is -1.91. The van der Waals surface area contributed by atoms with Gasteiger partial charge < -0.3 is 14.6 Å². The summed E-state index contributed by atoms with van der Waals surface area (Å²) in [5, 5.41) is 7.89. The Hall–Kier alpha value is -3.67. The van der Waals surface area contributed by atoms with Crippen LogP contribution in [-0.4, -0.2) is 36.2 Å². The molecule has 6 heteroatoms. The molecule has 164 valence electrons. The predicted molar refractivity (Wildman–Crippen MR) is 122 cm³/mol. The first kappa shape index (κ1) is 31.0. The number of hydrogen-bond donors (Lipinski definition) is 1. The minimum Gasteiger partial charge on any atom is -0.478 e. The van der Waals surface area contributed by atoms with Gasteiger partial charge in [0.15, 0.2) is 0 Å². The summed E-state index contributed by atoms with van der Waals surface area (Å²) in [6.07, 6.45) is 1.83. The number of carbonyl (C=O) groups excluding carboxylic acids is 2. The van der Waals surface area contributed by atoms with E-state index < -0.39 is 17.9 Å². The number of carboxylic acids is 1. The smallest absolute Gasteiger partial charge is 0.333 e. The Labute approximate surface area is 179 Å². The fourth-order valence-electron chi connectivity index (χ4n) is 1.10. The van der Waals surface area contributed by atoms with Crippen LogP contribution in [-0.2, 0) is 23.9 Å². The molecule has 0 aliphatic carbocycles. The van der Waals surface area contributed by atoms with Crippen molar-refractivity contribution in [3.8, 4) is 0 Å². The van der Waals surface area contributed by atoms with Crippen LogP contribution in [0.2, 0.25) is 0 Å². The van der Waals surface area contributed by atoms with Crippen LogP contribution in [0.5, 0.6) is 0 Å². The zero-order chi connectivity index (χ0) is 24.1. The van der Waals surface area contributed by atoms with Crippen molar-refractivity contribution in [1.29, 1.82) is 0 Å². The third-order valence-electron chi connectivity index (χ3n) is 2.65. The van der Waals surface area contributed by atoms with E-state index in [2.05, 4.69) is 48.9 Å². The molecular formula is C24H32O6. The Morgan fingerprint density at radius 2 is 1.17 bits per heavy atom. The Morgan fingerprint density at radius 3 is 1.37 bits per heavy atom. The molecule has 0 saturated heterocycles. The van der Waals surface area contributed by atoms with E-state index >= 15 is 0 Å². The first-order valence-corrected chi connectivity index (χ1v) is 8.74. The fourth-order valence-corrected chi connectivity index (χ4v) is 1.10. The monoisotopic (exact) mass is 416 g/mol. The number of aliphatic carboxylic acids is 1. The number of carbonyl (C=O) groups is 3. The molecule has 0 aliphatic rings. The maximum atomic E-state index is 10.8. The van der Waals surface area contributed by atoms with Crippen molar-refractivity contribution in [2.75, 3.05) is 13.2 Å². The maximum absolute atomic E-state index is 10.8. The van der Waals surface area contributed by atoms with E-state index in [4.69, 9.17) is 5.11 Å². The van der Waals surface area contributed by atoms with Gasteiger partial charge in [-0.05, 0) is 26.3 Å². The molecule has 0 aliphatic heterocycles. The molecule has 0 heterocycles. The molecule has 0 aromatic heterocycles. The standard InChI is InChI=1S/C10H14O4.C8H8.C4H6O2.C2H4/c1-7(2)9(11)13-5-6-14-10(12)8(3)4;1-2-8-6-4-3-5-7-8;1-3(2)4(5)6;1-2/h1,3,5-6H2,2,4H3;2-7H,1H2;1H2,2H3,(H,5,6);1-2H2. The summed E-state index contributed by atoms with van der Waals surface area (Å²) in [7, 11) is 0. The molecule has 0 atom stereocenters. The molecule has 0 unspecified atom stereocenters. The molecule has 0 radical (unpaired) electrons. The largest absolute Gasteiger partial charge is 0.478 e. The second-order valence-electron chi connectivity index (χ2n) is 5.53. The molecule has 0 saturated carbocycles. The highest BCUT2D eigenvalue weighted by Gasteiger charge is 2.05. The molecule has 30 heavy (non-hydrogen) atoms. The van der Waals surface area contributed by atoms with Gasteiger partial charge in [-0.2, -0.15) is 0 Å². The number of rotatable bonds is 7. The fraction of sp³-hybridized carbons (Fsp3) is 0.208. The summed E-state index contributed by atoms with van der Waals surface area (Å²) in [6.45, 7) is 24.2. The molecule has 1 rings (SSSR count). The lowest BCUT2D eigenvalue weighted by Gasteiger charge is -2.05. The number of carboxylic acid groups (broad SMARTS) is 1. The highest BCUT2D eigenvalue weighted by molar-refractivity contribution is 5.87. The molecule has 0 fully saturated rings. The summed E-state index contributed by atoms with van der Waals surface area (Å²) < 4.78 is 9.38. The van der Waals surface area contributed by atoms with Crippen LogP contribution in [0.15, 0.2) is 86.5 Å². The van der Waals surface area contributed by atoms with Crippen LogP contribution in [0.1, 0.15) is 26.3 Å². The van der Waals surface area contributed by atoms with Crippen LogP contribution in [0.25, 0.3) is 6.08 Å². The van der Waals surface area contributed by atoms with E-state index in [0.717, 1.165) is 0 Å². The van der Waals surface area contributed by atoms with Crippen LogP contribution in [0.3, 0.4) is 0 Å². The van der Waals surface area contributed by atoms with E-state index in [9.17, 15) is 14.4 Å². The van der Waals surface area contributed by atoms with Crippen molar-refractivity contribution in [2.24, 2.45) is 0 Å². The van der Waals surface area contributed by atoms with E-state index in [1.165, 1.54) is 12.5 Å². The molecule has 0 spiro atoms. The van der Waals surface area contributed by atoms with Gasteiger partial charge in [-0.25, -0.2) is 14.4 Å². The Bertz CT molecular complexity index is 676. The zero-order valence-electron chi connectivity index (χ0n) is 18.1. The van der Waals surface area contributed by atoms with Crippen LogP contribution >= 0.6 is 0 Å². The van der Waals surface area contributed by atoms with Crippen molar-refractivity contribution in [1.82, 2.24) is 0 Å². The van der Waals surface area contributed by atoms with Crippen molar-refractivity contribution < 1.29 is 29.0 Å². The second kappa shape index (κ2) is 20.1. The van der Waals surface area contributed by atoms with Crippen LogP contribution in [0, 0.1) is 0 Å². The van der Waals surface area contributed by atoms with Crippen molar-refractivity contribution in [3.05, 3.63) is 92.1 Å². The predicted octanol–water partition coefficient (Wildman–Crippen LogP) is 5.00. The quantitative estimate of drug-likeness (QED) is 0.291. The normalized spacial score (nSPS) is 8.10. The van der Waals surface area contributed by atoms with Gasteiger partial charge in [-0.15, -0.1) is 13.2 Å². The van der Waals surface area contributed by atoms with Gasteiger partial charge in [0.05, 0.1) is 0 Å². The van der Waals surface area contributed by atoms with Gasteiger partial charge in [0.25, 0.3) is 0 Å². The minimum atomic E-state index is -0.935. The number of ether oxygens (including phenoxy) is 2. The van der Waals surface area contributed by atoms with Crippen LogP contribution in [0.4, 0.5) is 0 Å². The number of benzene rings is 1. The maximum Gasteiger partial charge on any atom is 0.333 e. The lowest BCUT2D eigenvalue weighted by molar-refractivity contribution is -0.147. The minimum absolute atomic E-state index is 0.0325. The lowest BCUT2D eigenvalue weighted by atomic mass is 10.2. The first-order valence-electron chi connectivity index (χ1n) is 8.74. The average Bonchev–Trinajstić information content (AvgIpc) is 2.73. The van der Waals surface area contributed by atoms with E-state index in [-0.39, 0.29) is 18.8 Å². The molecule has 1 aromatic rings.